The average Bonchev–Trinajstić information content (AvgIpc) is 3.40. The van der Waals surface area contributed by atoms with Crippen LogP contribution in [-0.2, 0) is 17.9 Å². The molecule has 1 N–H and O–H groups in total. The molecule has 1 saturated heterocycles. The van der Waals surface area contributed by atoms with E-state index in [4.69, 9.17) is 4.42 Å². The Bertz CT molecular complexity index is 900. The molecule has 1 amide bonds. The number of aromatic nitrogens is 1. The molecule has 0 atom stereocenters. The van der Waals surface area contributed by atoms with E-state index >= 15 is 0 Å². The number of hydrogen-bond donors (Lipinski definition) is 1. The fourth-order valence-corrected chi connectivity index (χ4v) is 4.19. The number of furan rings is 1. The van der Waals surface area contributed by atoms with Gasteiger partial charge in [-0.25, -0.2) is 9.37 Å². The van der Waals surface area contributed by atoms with Crippen molar-refractivity contribution in [3.8, 4) is 10.8 Å². The predicted molar refractivity (Wildman–Crippen MR) is 106 cm³/mol. The molecule has 3 heterocycles. The number of carbonyl (C=O) groups excluding carboxylic acids is 1. The van der Waals surface area contributed by atoms with Gasteiger partial charge in [0.2, 0.25) is 5.91 Å². The summed E-state index contributed by atoms with van der Waals surface area (Å²) in [5.74, 6) is 0.648. The Morgan fingerprint density at radius 1 is 1.25 bits per heavy atom. The maximum Gasteiger partial charge on any atom is 0.223 e. The van der Waals surface area contributed by atoms with Crippen LogP contribution in [0.3, 0.4) is 0 Å². The summed E-state index contributed by atoms with van der Waals surface area (Å²) in [4.78, 5) is 19.4. The average molecular weight is 399 g/mol. The highest BCUT2D eigenvalue weighted by Gasteiger charge is 2.25. The number of nitrogens with zero attached hydrogens (tertiary/aromatic N) is 2. The molecule has 1 aromatic carbocycles. The molecule has 4 rings (SSSR count). The van der Waals surface area contributed by atoms with Crippen molar-refractivity contribution in [1.29, 1.82) is 0 Å². The minimum atomic E-state index is -0.265. The summed E-state index contributed by atoms with van der Waals surface area (Å²) >= 11 is 1.59. The molecule has 146 valence electrons. The first kappa shape index (κ1) is 18.8. The van der Waals surface area contributed by atoms with Crippen LogP contribution in [0.5, 0.6) is 0 Å². The van der Waals surface area contributed by atoms with Crippen molar-refractivity contribution in [3.05, 3.63) is 65.1 Å². The number of carbonyl (C=O) groups is 1. The van der Waals surface area contributed by atoms with Gasteiger partial charge >= 0.3 is 0 Å². The van der Waals surface area contributed by atoms with Gasteiger partial charge in [0.1, 0.15) is 5.82 Å². The Balaban J connectivity index is 1.23. The summed E-state index contributed by atoms with van der Waals surface area (Å²) in [5.41, 5.74) is 1.94. The van der Waals surface area contributed by atoms with Gasteiger partial charge in [-0.2, -0.15) is 0 Å². The highest BCUT2D eigenvalue weighted by atomic mass is 32.1. The number of halogens is 1. The molecule has 1 fully saturated rings. The minimum absolute atomic E-state index is 0.0332. The lowest BCUT2D eigenvalue weighted by Gasteiger charge is -2.30. The smallest absolute Gasteiger partial charge is 0.223 e. The molecule has 5 nitrogen and oxygen atoms in total. The summed E-state index contributed by atoms with van der Waals surface area (Å²) in [7, 11) is 0. The maximum absolute atomic E-state index is 12.9. The molecule has 0 aliphatic carbocycles. The Hall–Kier alpha value is -2.51. The Labute approximate surface area is 167 Å². The highest BCUT2D eigenvalue weighted by molar-refractivity contribution is 7.13. The Morgan fingerprint density at radius 3 is 2.75 bits per heavy atom. The highest BCUT2D eigenvalue weighted by Crippen LogP contribution is 2.25. The van der Waals surface area contributed by atoms with E-state index in [0.717, 1.165) is 54.5 Å². The van der Waals surface area contributed by atoms with Crippen molar-refractivity contribution in [2.45, 2.75) is 25.9 Å². The maximum atomic E-state index is 12.9. The molecule has 2 aromatic heterocycles. The van der Waals surface area contributed by atoms with E-state index in [9.17, 15) is 9.18 Å². The largest absolute Gasteiger partial charge is 0.462 e. The van der Waals surface area contributed by atoms with Gasteiger partial charge in [0.25, 0.3) is 0 Å². The van der Waals surface area contributed by atoms with Crippen LogP contribution in [-0.4, -0.2) is 28.9 Å². The first-order chi connectivity index (χ1) is 13.7. The number of piperidine rings is 1. The fourth-order valence-electron chi connectivity index (χ4n) is 3.41. The zero-order valence-corrected chi connectivity index (χ0v) is 16.3. The first-order valence-corrected chi connectivity index (χ1v) is 10.3. The number of nitrogens with one attached hydrogen (secondary N) is 1. The van der Waals surface area contributed by atoms with Gasteiger partial charge in [0.05, 0.1) is 12.0 Å². The van der Waals surface area contributed by atoms with Gasteiger partial charge in [-0.15, -0.1) is 11.3 Å². The summed E-state index contributed by atoms with van der Waals surface area (Å²) in [6.45, 7) is 2.99. The van der Waals surface area contributed by atoms with Crippen LogP contribution in [0.4, 0.5) is 4.39 Å². The summed E-state index contributed by atoms with van der Waals surface area (Å²) in [5, 5.41) is 5.94. The minimum Gasteiger partial charge on any atom is -0.462 e. The molecular weight excluding hydrogens is 377 g/mol. The number of likely N-dealkylation sites (tertiary alicyclic amines) is 1. The normalized spacial score (nSPS) is 15.6. The van der Waals surface area contributed by atoms with Gasteiger partial charge in [-0.1, -0.05) is 12.1 Å². The topological polar surface area (TPSA) is 58.4 Å². The van der Waals surface area contributed by atoms with Crippen LogP contribution in [0.2, 0.25) is 0 Å². The summed E-state index contributed by atoms with van der Waals surface area (Å²) in [6, 6.07) is 10.00. The molecule has 0 saturated carbocycles. The van der Waals surface area contributed by atoms with Gasteiger partial charge in [0, 0.05) is 24.4 Å². The van der Waals surface area contributed by atoms with E-state index in [1.807, 2.05) is 12.1 Å². The van der Waals surface area contributed by atoms with Gasteiger partial charge in [-0.05, 0) is 55.8 Å². The monoisotopic (exact) mass is 399 g/mol. The molecule has 7 heteroatoms. The van der Waals surface area contributed by atoms with E-state index in [1.54, 1.807) is 29.7 Å². The number of benzene rings is 1. The number of rotatable bonds is 6. The lowest BCUT2D eigenvalue weighted by Crippen LogP contribution is -2.40. The first-order valence-electron chi connectivity index (χ1n) is 9.40. The van der Waals surface area contributed by atoms with Crippen LogP contribution >= 0.6 is 11.3 Å². The van der Waals surface area contributed by atoms with Crippen molar-refractivity contribution in [2.24, 2.45) is 5.92 Å². The molecule has 3 aromatic rings. The van der Waals surface area contributed by atoms with Gasteiger partial charge in [-0.3, -0.25) is 9.69 Å². The van der Waals surface area contributed by atoms with Crippen LogP contribution in [0, 0.1) is 11.7 Å². The van der Waals surface area contributed by atoms with Crippen LogP contribution in [0.15, 0.2) is 52.5 Å². The molecule has 0 bridgehead atoms. The molecule has 0 spiro atoms. The fraction of sp³-hybridized carbons (Fsp3) is 0.333. The summed E-state index contributed by atoms with van der Waals surface area (Å²) < 4.78 is 18.3. The third-order valence-corrected chi connectivity index (χ3v) is 5.91. The second-order valence-electron chi connectivity index (χ2n) is 7.02. The lowest BCUT2D eigenvalue weighted by atomic mass is 9.95. The predicted octanol–water partition coefficient (Wildman–Crippen LogP) is 4.07. The van der Waals surface area contributed by atoms with Crippen LogP contribution in [0.25, 0.3) is 10.8 Å². The van der Waals surface area contributed by atoms with Crippen molar-refractivity contribution in [2.75, 3.05) is 13.1 Å². The van der Waals surface area contributed by atoms with Gasteiger partial charge < -0.3 is 9.73 Å². The van der Waals surface area contributed by atoms with Crippen LogP contribution < -0.4 is 5.32 Å². The quantitative estimate of drug-likeness (QED) is 0.679. The van der Waals surface area contributed by atoms with Crippen molar-refractivity contribution >= 4 is 17.2 Å². The molecule has 1 aliphatic rings. The molecule has 0 unspecified atom stereocenters. The molecule has 28 heavy (non-hydrogen) atoms. The Morgan fingerprint density at radius 2 is 2.04 bits per heavy atom. The second-order valence-corrected chi connectivity index (χ2v) is 7.87. The zero-order valence-electron chi connectivity index (χ0n) is 15.4. The number of amides is 1. The Kier molecular flexibility index (Phi) is 5.83. The molecular formula is C21H22FN3O2S. The van der Waals surface area contributed by atoms with Gasteiger partial charge in [0.15, 0.2) is 10.8 Å². The molecule has 1 aliphatic heterocycles. The van der Waals surface area contributed by atoms with E-state index < -0.39 is 0 Å². The van der Waals surface area contributed by atoms with E-state index in [0.29, 0.717) is 6.54 Å². The summed E-state index contributed by atoms with van der Waals surface area (Å²) in [6.07, 6.45) is 3.33. The van der Waals surface area contributed by atoms with Crippen LogP contribution in [0.1, 0.15) is 24.1 Å². The SMILES string of the molecule is O=C(NCc1ccc(F)cc1)C1CCN(Cc2csc(-c3ccco3)n2)CC1. The van der Waals surface area contributed by atoms with E-state index in [1.165, 1.54) is 12.1 Å². The third kappa shape index (κ3) is 4.66. The van der Waals surface area contributed by atoms with Crippen molar-refractivity contribution in [3.63, 3.8) is 0 Å². The third-order valence-electron chi connectivity index (χ3n) is 5.01. The van der Waals surface area contributed by atoms with E-state index in [2.05, 4.69) is 20.6 Å². The number of hydrogen-bond acceptors (Lipinski definition) is 5. The standard InChI is InChI=1S/C21H22FN3O2S/c22-17-5-3-15(4-6-17)12-23-20(26)16-7-9-25(10-8-16)13-18-14-28-21(24-18)19-2-1-11-27-19/h1-6,11,14,16H,7-10,12-13H2,(H,23,26). The van der Waals surface area contributed by atoms with Crippen molar-refractivity contribution < 1.29 is 13.6 Å². The molecule has 0 radical (unpaired) electrons. The second kappa shape index (κ2) is 8.67. The number of thiazole rings is 1. The zero-order chi connectivity index (χ0) is 19.3. The van der Waals surface area contributed by atoms with E-state index in [-0.39, 0.29) is 17.6 Å². The lowest BCUT2D eigenvalue weighted by molar-refractivity contribution is -0.126. The van der Waals surface area contributed by atoms with Crippen molar-refractivity contribution in [1.82, 2.24) is 15.2 Å².